The van der Waals surface area contributed by atoms with Crippen molar-refractivity contribution in [3.63, 3.8) is 0 Å². The van der Waals surface area contributed by atoms with Gasteiger partial charge < -0.3 is 15.7 Å². The number of halogens is 1. The van der Waals surface area contributed by atoms with Crippen molar-refractivity contribution in [1.82, 2.24) is 14.7 Å². The highest BCUT2D eigenvalue weighted by atomic mass is 19.1. The number of carboxylic acid groups (broad SMARTS) is 1. The van der Waals surface area contributed by atoms with E-state index < -0.39 is 24.0 Å². The Bertz CT molecular complexity index is 772. The number of carbonyl (C=O) groups is 3. The maximum atomic E-state index is 13.7. The zero-order valence-corrected chi connectivity index (χ0v) is 15.1. The maximum absolute atomic E-state index is 13.7. The van der Waals surface area contributed by atoms with Gasteiger partial charge in [-0.05, 0) is 36.6 Å². The molecule has 2 heterocycles. The van der Waals surface area contributed by atoms with E-state index in [0.717, 1.165) is 29.9 Å². The normalized spacial score (nSPS) is 24.4. The molecule has 0 saturated carbocycles. The zero-order chi connectivity index (χ0) is 19.7. The van der Waals surface area contributed by atoms with Gasteiger partial charge in [0.1, 0.15) is 5.82 Å². The Balaban J connectivity index is 1.94. The van der Waals surface area contributed by atoms with Crippen molar-refractivity contribution in [2.45, 2.75) is 38.0 Å². The average Bonchev–Trinajstić information content (AvgIpc) is 2.61. The van der Waals surface area contributed by atoms with E-state index >= 15 is 0 Å². The molecule has 1 aromatic rings. The predicted molar refractivity (Wildman–Crippen MR) is 94.3 cm³/mol. The topological polar surface area (TPSA) is 107 Å². The molecule has 1 aromatic carbocycles. The molecule has 9 heteroatoms. The monoisotopic (exact) mass is 378 g/mol. The highest BCUT2D eigenvalue weighted by molar-refractivity contribution is 5.97. The summed E-state index contributed by atoms with van der Waals surface area (Å²) in [4.78, 5) is 40.9. The van der Waals surface area contributed by atoms with E-state index in [1.807, 2.05) is 4.90 Å². The van der Waals surface area contributed by atoms with Gasteiger partial charge in [-0.15, -0.1) is 0 Å². The van der Waals surface area contributed by atoms with Crippen molar-refractivity contribution in [1.29, 1.82) is 0 Å². The molecular formula is C18H23FN4O4. The van der Waals surface area contributed by atoms with Crippen LogP contribution >= 0.6 is 0 Å². The molecule has 0 aromatic heterocycles. The fourth-order valence-electron chi connectivity index (χ4n) is 3.73. The first-order valence-electron chi connectivity index (χ1n) is 8.86. The number of hydrogen-bond donors (Lipinski definition) is 2. The summed E-state index contributed by atoms with van der Waals surface area (Å²) in [7, 11) is 1.39. The summed E-state index contributed by atoms with van der Waals surface area (Å²) in [6.07, 6.45) is 1.28. The summed E-state index contributed by atoms with van der Waals surface area (Å²) < 4.78 is 13.7. The van der Waals surface area contributed by atoms with E-state index in [0.29, 0.717) is 13.1 Å². The van der Waals surface area contributed by atoms with Crippen molar-refractivity contribution in [3.8, 4) is 0 Å². The van der Waals surface area contributed by atoms with E-state index in [-0.39, 0.29) is 36.0 Å². The average molecular weight is 378 g/mol. The third-order valence-corrected chi connectivity index (χ3v) is 5.17. The van der Waals surface area contributed by atoms with Gasteiger partial charge >= 0.3 is 12.0 Å². The standard InChI is InChI=1S/C18H23FN4O4/c1-21-16(24)8-15(22-6-2-3-13(20)10-22)23(18(21)27)9-11-7-12(19)4-5-14(11)17(25)26/h4-5,7,13,15H,2-3,6,8-10,20H2,1H3,(H,25,26)/t13-,15?/m1/s1. The van der Waals surface area contributed by atoms with Gasteiger partial charge in [-0.25, -0.2) is 14.0 Å². The lowest BCUT2D eigenvalue weighted by Gasteiger charge is -2.46. The molecule has 3 N–H and O–H groups in total. The molecule has 0 aliphatic carbocycles. The van der Waals surface area contributed by atoms with Gasteiger partial charge in [-0.2, -0.15) is 0 Å². The quantitative estimate of drug-likeness (QED) is 0.811. The van der Waals surface area contributed by atoms with Gasteiger partial charge in [0.05, 0.1) is 18.2 Å². The summed E-state index contributed by atoms with van der Waals surface area (Å²) in [6.45, 7) is 1.13. The van der Waals surface area contributed by atoms with Crippen molar-refractivity contribution in [2.24, 2.45) is 5.73 Å². The first kappa shape index (κ1) is 19.2. The number of nitrogens with two attached hydrogens (primary N) is 1. The molecule has 0 bridgehead atoms. The summed E-state index contributed by atoms with van der Waals surface area (Å²) >= 11 is 0. The van der Waals surface area contributed by atoms with Crippen LogP contribution in [0.15, 0.2) is 18.2 Å². The number of aromatic carboxylic acids is 1. The van der Waals surface area contributed by atoms with Gasteiger partial charge in [0, 0.05) is 32.7 Å². The Kier molecular flexibility index (Phi) is 5.43. The Morgan fingerprint density at radius 1 is 1.37 bits per heavy atom. The molecule has 2 aliphatic rings. The van der Waals surface area contributed by atoms with Crippen LogP contribution in [0.4, 0.5) is 9.18 Å². The summed E-state index contributed by atoms with van der Waals surface area (Å²) in [6, 6.07) is 2.79. The van der Waals surface area contributed by atoms with Crippen LogP contribution in [0, 0.1) is 5.82 Å². The van der Waals surface area contributed by atoms with Gasteiger partial charge in [-0.1, -0.05) is 0 Å². The first-order valence-corrected chi connectivity index (χ1v) is 8.86. The molecular weight excluding hydrogens is 355 g/mol. The molecule has 146 valence electrons. The SMILES string of the molecule is CN1C(=O)CC(N2CCC[C@@H](N)C2)N(Cc2cc(F)ccc2C(=O)O)C1=O. The molecule has 3 amide bonds. The zero-order valence-electron chi connectivity index (χ0n) is 15.1. The second-order valence-electron chi connectivity index (χ2n) is 7.05. The molecule has 0 spiro atoms. The van der Waals surface area contributed by atoms with Gasteiger partial charge in [0.2, 0.25) is 5.91 Å². The maximum Gasteiger partial charge on any atom is 0.336 e. The van der Waals surface area contributed by atoms with Crippen LogP contribution in [0.5, 0.6) is 0 Å². The minimum absolute atomic E-state index is 0.0470. The van der Waals surface area contributed by atoms with E-state index in [1.165, 1.54) is 18.0 Å². The fourth-order valence-corrected chi connectivity index (χ4v) is 3.73. The molecule has 27 heavy (non-hydrogen) atoms. The highest BCUT2D eigenvalue weighted by Crippen LogP contribution is 2.26. The van der Waals surface area contributed by atoms with Crippen LogP contribution in [-0.2, 0) is 11.3 Å². The van der Waals surface area contributed by atoms with E-state index in [1.54, 1.807) is 0 Å². The number of hydrogen-bond acceptors (Lipinski definition) is 5. The minimum Gasteiger partial charge on any atom is -0.478 e. The number of rotatable bonds is 4. The molecule has 0 radical (unpaired) electrons. The van der Waals surface area contributed by atoms with Crippen molar-refractivity contribution < 1.29 is 23.9 Å². The van der Waals surface area contributed by atoms with E-state index in [4.69, 9.17) is 5.73 Å². The van der Waals surface area contributed by atoms with Gasteiger partial charge in [0.25, 0.3) is 0 Å². The van der Waals surface area contributed by atoms with Gasteiger partial charge in [0.15, 0.2) is 0 Å². The third kappa shape index (κ3) is 3.93. The van der Waals surface area contributed by atoms with E-state index in [9.17, 15) is 23.9 Å². The third-order valence-electron chi connectivity index (χ3n) is 5.17. The summed E-state index contributed by atoms with van der Waals surface area (Å²) in [5, 5.41) is 9.38. The molecule has 2 saturated heterocycles. The lowest BCUT2D eigenvalue weighted by Crippen LogP contribution is -2.63. The Labute approximate surface area is 156 Å². The molecule has 2 fully saturated rings. The summed E-state index contributed by atoms with van der Waals surface area (Å²) in [5.74, 6) is -2.09. The minimum atomic E-state index is -1.20. The van der Waals surface area contributed by atoms with Crippen LogP contribution in [0.3, 0.4) is 0 Å². The van der Waals surface area contributed by atoms with Crippen LogP contribution < -0.4 is 5.73 Å². The number of imide groups is 1. The number of piperidine rings is 1. The number of carboxylic acids is 1. The second kappa shape index (κ2) is 7.61. The van der Waals surface area contributed by atoms with Crippen molar-refractivity contribution >= 4 is 17.9 Å². The van der Waals surface area contributed by atoms with Crippen LogP contribution in [0.1, 0.15) is 35.2 Å². The number of likely N-dealkylation sites (tertiary alicyclic amines) is 1. The molecule has 8 nitrogen and oxygen atoms in total. The van der Waals surface area contributed by atoms with Crippen LogP contribution in [-0.4, -0.2) is 70.1 Å². The van der Waals surface area contributed by atoms with Gasteiger partial charge in [-0.3, -0.25) is 14.6 Å². The largest absolute Gasteiger partial charge is 0.478 e. The number of carbonyl (C=O) groups excluding carboxylic acids is 2. The lowest BCUT2D eigenvalue weighted by molar-refractivity contribution is -0.135. The predicted octanol–water partition coefficient (Wildman–Crippen LogP) is 1.06. The smallest absolute Gasteiger partial charge is 0.336 e. The number of amides is 3. The molecule has 1 unspecified atom stereocenters. The second-order valence-corrected chi connectivity index (χ2v) is 7.05. The van der Waals surface area contributed by atoms with Crippen LogP contribution in [0.2, 0.25) is 0 Å². The molecule has 2 aliphatic heterocycles. The number of nitrogens with zero attached hydrogens (tertiary/aromatic N) is 3. The Morgan fingerprint density at radius 2 is 2.11 bits per heavy atom. The molecule has 2 atom stereocenters. The Hall–Kier alpha value is -2.52. The summed E-state index contributed by atoms with van der Waals surface area (Å²) in [5.41, 5.74) is 6.16. The lowest BCUT2D eigenvalue weighted by atomic mass is 10.0. The Morgan fingerprint density at radius 3 is 2.78 bits per heavy atom. The first-order chi connectivity index (χ1) is 12.8. The van der Waals surface area contributed by atoms with Crippen LogP contribution in [0.25, 0.3) is 0 Å². The molecule has 3 rings (SSSR count). The van der Waals surface area contributed by atoms with E-state index in [2.05, 4.69) is 0 Å². The fraction of sp³-hybridized carbons (Fsp3) is 0.500. The van der Waals surface area contributed by atoms with Crippen molar-refractivity contribution in [3.05, 3.63) is 35.1 Å². The highest BCUT2D eigenvalue weighted by Gasteiger charge is 2.41. The number of urea groups is 1. The van der Waals surface area contributed by atoms with Crippen molar-refractivity contribution in [2.75, 3.05) is 20.1 Å². The number of benzene rings is 1.